The molecule has 0 bridgehead atoms. The van der Waals surface area contributed by atoms with Crippen molar-refractivity contribution in [3.63, 3.8) is 0 Å². The van der Waals surface area contributed by atoms with E-state index in [1.807, 2.05) is 0 Å². The molecule has 4 aromatic rings. The third kappa shape index (κ3) is 4.63. The number of aryl methyl sites for hydroxylation is 1. The van der Waals surface area contributed by atoms with Crippen molar-refractivity contribution >= 4 is 22.6 Å². The van der Waals surface area contributed by atoms with Crippen LogP contribution in [0.4, 0.5) is 18.9 Å². The van der Waals surface area contributed by atoms with Crippen molar-refractivity contribution in [1.82, 2.24) is 9.97 Å². The lowest BCUT2D eigenvalue weighted by Crippen LogP contribution is -2.15. The molecule has 3 aromatic carbocycles. The molecule has 1 heterocycles. The van der Waals surface area contributed by atoms with Gasteiger partial charge in [0.05, 0.1) is 16.6 Å². The largest absolute Gasteiger partial charge is 0.457 e. The van der Waals surface area contributed by atoms with E-state index in [4.69, 9.17) is 4.74 Å². The van der Waals surface area contributed by atoms with E-state index >= 15 is 0 Å². The lowest BCUT2D eigenvalue weighted by atomic mass is 10.0. The average molecular weight is 423 g/mol. The predicted molar refractivity (Wildman–Crippen MR) is 110 cm³/mol. The summed E-state index contributed by atoms with van der Waals surface area (Å²) >= 11 is 0. The Morgan fingerprint density at radius 1 is 0.903 bits per heavy atom. The van der Waals surface area contributed by atoms with Gasteiger partial charge in [0.25, 0.3) is 5.91 Å². The fourth-order valence-corrected chi connectivity index (χ4v) is 3.05. The van der Waals surface area contributed by atoms with Gasteiger partial charge in [0.2, 0.25) is 0 Å². The van der Waals surface area contributed by atoms with Gasteiger partial charge in [0.1, 0.15) is 11.5 Å². The molecular weight excluding hydrogens is 407 g/mol. The summed E-state index contributed by atoms with van der Waals surface area (Å²) in [5.74, 6) is 0.328. The number of fused-ring (bicyclic) bond motifs is 1. The molecule has 4 rings (SSSR count). The van der Waals surface area contributed by atoms with Gasteiger partial charge >= 0.3 is 6.18 Å². The number of anilines is 1. The van der Waals surface area contributed by atoms with Crippen LogP contribution in [0.1, 0.15) is 21.5 Å². The Morgan fingerprint density at radius 2 is 1.65 bits per heavy atom. The minimum Gasteiger partial charge on any atom is -0.457 e. The van der Waals surface area contributed by atoms with Gasteiger partial charge in [-0.3, -0.25) is 14.8 Å². The molecule has 0 fully saturated rings. The highest BCUT2D eigenvalue weighted by atomic mass is 19.4. The number of halogens is 3. The smallest absolute Gasteiger partial charge is 0.416 e. The molecule has 0 radical (unpaired) electrons. The van der Waals surface area contributed by atoms with Crippen molar-refractivity contribution in [3.8, 4) is 11.5 Å². The van der Waals surface area contributed by atoms with Crippen molar-refractivity contribution < 1.29 is 22.7 Å². The molecule has 0 saturated heterocycles. The second kappa shape index (κ2) is 8.06. The molecule has 1 aromatic heterocycles. The van der Waals surface area contributed by atoms with E-state index in [1.165, 1.54) is 19.1 Å². The Balaban J connectivity index is 1.52. The topological polar surface area (TPSA) is 64.1 Å². The maximum atomic E-state index is 13.1. The molecule has 1 amide bonds. The highest BCUT2D eigenvalue weighted by Gasteiger charge is 2.33. The molecule has 31 heavy (non-hydrogen) atoms. The normalized spacial score (nSPS) is 11.4. The van der Waals surface area contributed by atoms with Crippen LogP contribution < -0.4 is 10.1 Å². The lowest BCUT2D eigenvalue weighted by Gasteiger charge is -2.13. The third-order valence-corrected chi connectivity index (χ3v) is 4.57. The zero-order valence-electron chi connectivity index (χ0n) is 16.3. The molecule has 0 aliphatic heterocycles. The van der Waals surface area contributed by atoms with Crippen LogP contribution in [0.5, 0.6) is 11.5 Å². The highest BCUT2D eigenvalue weighted by molar-refractivity contribution is 6.04. The quantitative estimate of drug-likeness (QED) is 0.437. The van der Waals surface area contributed by atoms with Crippen LogP contribution >= 0.6 is 0 Å². The van der Waals surface area contributed by atoms with Crippen molar-refractivity contribution in [2.45, 2.75) is 13.1 Å². The molecule has 0 aliphatic carbocycles. The summed E-state index contributed by atoms with van der Waals surface area (Å²) in [5.41, 5.74) is 0.919. The first-order valence-electron chi connectivity index (χ1n) is 9.27. The number of rotatable bonds is 4. The first kappa shape index (κ1) is 20.3. The number of carbonyl (C=O) groups excluding carboxylic acids is 1. The van der Waals surface area contributed by atoms with E-state index < -0.39 is 17.6 Å². The second-order valence-corrected chi connectivity index (χ2v) is 6.82. The number of nitrogens with zero attached hydrogens (tertiary/aromatic N) is 2. The molecule has 5 nitrogen and oxygen atoms in total. The van der Waals surface area contributed by atoms with E-state index in [2.05, 4.69) is 15.3 Å². The number of amides is 1. The van der Waals surface area contributed by atoms with E-state index in [1.54, 1.807) is 54.9 Å². The SMILES string of the molecule is Cc1ccc(C(=O)Nc2cccc(Oc3ccc4nccnc4c3)c2)cc1C(F)(F)F. The maximum Gasteiger partial charge on any atom is 0.416 e. The number of hydrogen-bond acceptors (Lipinski definition) is 4. The number of nitrogens with one attached hydrogen (secondary N) is 1. The number of carbonyl (C=O) groups is 1. The number of aromatic nitrogens is 2. The third-order valence-electron chi connectivity index (χ3n) is 4.57. The standard InChI is InChI=1S/C23H16F3N3O2/c1-14-5-6-15(11-19(14)23(24,25)26)22(30)29-16-3-2-4-17(12-16)31-18-7-8-20-21(13-18)28-10-9-27-20/h2-13H,1H3,(H,29,30). The Hall–Kier alpha value is -3.94. The lowest BCUT2D eigenvalue weighted by molar-refractivity contribution is -0.138. The zero-order valence-corrected chi connectivity index (χ0v) is 16.3. The summed E-state index contributed by atoms with van der Waals surface area (Å²) in [4.78, 5) is 20.9. The van der Waals surface area contributed by atoms with Crippen molar-refractivity contribution in [3.05, 3.63) is 89.7 Å². The first-order valence-corrected chi connectivity index (χ1v) is 9.27. The number of ether oxygens (including phenoxy) is 1. The minimum atomic E-state index is -4.53. The van der Waals surface area contributed by atoms with E-state index in [0.717, 1.165) is 11.6 Å². The van der Waals surface area contributed by atoms with E-state index in [-0.39, 0.29) is 11.1 Å². The van der Waals surface area contributed by atoms with Crippen LogP contribution in [0.2, 0.25) is 0 Å². The van der Waals surface area contributed by atoms with E-state index in [0.29, 0.717) is 22.7 Å². The monoisotopic (exact) mass is 423 g/mol. The number of hydrogen-bond donors (Lipinski definition) is 1. The number of benzene rings is 3. The molecule has 0 unspecified atom stereocenters. The summed E-state index contributed by atoms with van der Waals surface area (Å²) in [6.45, 7) is 1.35. The second-order valence-electron chi connectivity index (χ2n) is 6.82. The molecule has 8 heteroatoms. The van der Waals surface area contributed by atoms with Crippen molar-refractivity contribution in [2.75, 3.05) is 5.32 Å². The van der Waals surface area contributed by atoms with Crippen LogP contribution in [0, 0.1) is 6.92 Å². The summed E-state index contributed by atoms with van der Waals surface area (Å²) in [7, 11) is 0. The highest BCUT2D eigenvalue weighted by Crippen LogP contribution is 2.32. The van der Waals surface area contributed by atoms with Gasteiger partial charge in [-0.15, -0.1) is 0 Å². The predicted octanol–water partition coefficient (Wildman–Crippen LogP) is 6.00. The zero-order chi connectivity index (χ0) is 22.0. The summed E-state index contributed by atoms with van der Waals surface area (Å²) in [5, 5.41) is 2.60. The number of alkyl halides is 3. The Labute approximate surface area is 175 Å². The molecule has 0 aliphatic rings. The van der Waals surface area contributed by atoms with Gasteiger partial charge in [-0.2, -0.15) is 13.2 Å². The van der Waals surface area contributed by atoms with Gasteiger partial charge in [-0.05, 0) is 48.9 Å². The van der Waals surface area contributed by atoms with Gasteiger partial charge in [-0.1, -0.05) is 12.1 Å². The van der Waals surface area contributed by atoms with Crippen LogP contribution in [-0.2, 0) is 6.18 Å². The Morgan fingerprint density at radius 3 is 2.42 bits per heavy atom. The van der Waals surface area contributed by atoms with Crippen molar-refractivity contribution in [1.29, 1.82) is 0 Å². The van der Waals surface area contributed by atoms with Gasteiger partial charge in [0, 0.05) is 35.8 Å². The maximum absolute atomic E-state index is 13.1. The molecule has 0 atom stereocenters. The minimum absolute atomic E-state index is 0.0551. The fourth-order valence-electron chi connectivity index (χ4n) is 3.05. The van der Waals surface area contributed by atoms with Crippen LogP contribution in [0.15, 0.2) is 73.1 Å². The van der Waals surface area contributed by atoms with Gasteiger partial charge in [0.15, 0.2) is 0 Å². The van der Waals surface area contributed by atoms with Crippen LogP contribution in [0.3, 0.4) is 0 Å². The molecule has 1 N–H and O–H groups in total. The van der Waals surface area contributed by atoms with Crippen molar-refractivity contribution in [2.24, 2.45) is 0 Å². The average Bonchev–Trinajstić information content (AvgIpc) is 2.73. The Kier molecular flexibility index (Phi) is 5.29. The van der Waals surface area contributed by atoms with Gasteiger partial charge < -0.3 is 10.1 Å². The molecule has 156 valence electrons. The summed E-state index contributed by atoms with van der Waals surface area (Å²) < 4.78 is 45.2. The van der Waals surface area contributed by atoms with Crippen LogP contribution in [-0.4, -0.2) is 15.9 Å². The van der Waals surface area contributed by atoms with Gasteiger partial charge in [-0.25, -0.2) is 0 Å². The summed E-state index contributed by atoms with van der Waals surface area (Å²) in [6.07, 6.45) is -1.35. The molecule has 0 saturated carbocycles. The Bertz CT molecular complexity index is 1270. The van der Waals surface area contributed by atoms with E-state index in [9.17, 15) is 18.0 Å². The molecule has 0 spiro atoms. The molecular formula is C23H16F3N3O2. The first-order chi connectivity index (χ1) is 14.8. The summed E-state index contributed by atoms with van der Waals surface area (Å²) in [6, 6.07) is 15.3. The fraction of sp³-hybridized carbons (Fsp3) is 0.0870. The van der Waals surface area contributed by atoms with Crippen LogP contribution in [0.25, 0.3) is 11.0 Å².